The number of aromatic nitrogens is 5. The zero-order chi connectivity index (χ0) is 19.5. The molecule has 10 heteroatoms. The number of rotatable bonds is 6. The normalized spacial score (nSPS) is 20.7. The molecule has 2 aromatic heterocycles. The Balaban J connectivity index is 1.25. The average molecular weight is 387 g/mol. The van der Waals surface area contributed by atoms with E-state index in [9.17, 15) is 9.59 Å². The molecule has 1 saturated heterocycles. The maximum absolute atomic E-state index is 12.5. The maximum atomic E-state index is 12.5. The molecule has 1 N–H and O–H groups in total. The number of aryl methyl sites for hydroxylation is 1. The van der Waals surface area contributed by atoms with Crippen LogP contribution in [0.2, 0.25) is 0 Å². The van der Waals surface area contributed by atoms with Crippen molar-refractivity contribution in [3.8, 4) is 11.6 Å². The molecular formula is C18H25N7O3. The van der Waals surface area contributed by atoms with Gasteiger partial charge in [0.25, 0.3) is 5.89 Å². The van der Waals surface area contributed by atoms with Crippen LogP contribution in [0.1, 0.15) is 44.3 Å². The zero-order valence-electron chi connectivity index (χ0n) is 16.0. The highest BCUT2D eigenvalue weighted by molar-refractivity contribution is 5.89. The molecule has 0 unspecified atom stereocenters. The van der Waals surface area contributed by atoms with Crippen molar-refractivity contribution in [2.75, 3.05) is 13.1 Å². The fourth-order valence-electron chi connectivity index (χ4n) is 4.00. The molecule has 2 aromatic rings. The molecule has 1 aliphatic carbocycles. The second-order valence-corrected chi connectivity index (χ2v) is 7.54. The predicted molar refractivity (Wildman–Crippen MR) is 97.8 cm³/mol. The maximum Gasteiger partial charge on any atom is 0.280 e. The van der Waals surface area contributed by atoms with Gasteiger partial charge in [-0.1, -0.05) is 29.6 Å². The summed E-state index contributed by atoms with van der Waals surface area (Å²) in [6.45, 7) is 3.16. The summed E-state index contributed by atoms with van der Waals surface area (Å²) in [5, 5.41) is 14.6. The van der Waals surface area contributed by atoms with Crippen molar-refractivity contribution in [1.82, 2.24) is 35.4 Å². The van der Waals surface area contributed by atoms with E-state index < -0.39 is 0 Å². The van der Waals surface area contributed by atoms with Crippen LogP contribution in [0.4, 0.5) is 0 Å². The number of hydrogen-bond donors (Lipinski definition) is 1. The first-order valence-electron chi connectivity index (χ1n) is 9.88. The second kappa shape index (κ2) is 8.07. The van der Waals surface area contributed by atoms with Crippen LogP contribution in [0, 0.1) is 12.8 Å². The first-order valence-corrected chi connectivity index (χ1v) is 9.88. The Bertz CT molecular complexity index is 840. The van der Waals surface area contributed by atoms with Crippen molar-refractivity contribution in [1.29, 1.82) is 0 Å². The van der Waals surface area contributed by atoms with Crippen LogP contribution in [-0.2, 0) is 16.1 Å². The molecule has 4 rings (SSSR count). The summed E-state index contributed by atoms with van der Waals surface area (Å²) in [5.41, 5.74) is 0.497. The van der Waals surface area contributed by atoms with Crippen LogP contribution in [-0.4, -0.2) is 61.0 Å². The largest absolute Gasteiger partial charge is 0.354 e. The Morgan fingerprint density at radius 2 is 2.14 bits per heavy atom. The van der Waals surface area contributed by atoms with Gasteiger partial charge in [0.05, 0.1) is 18.7 Å². The van der Waals surface area contributed by atoms with Crippen LogP contribution in [0.15, 0.2) is 10.7 Å². The quantitative estimate of drug-likeness (QED) is 0.783. The topological polar surface area (TPSA) is 119 Å². The van der Waals surface area contributed by atoms with E-state index in [-0.39, 0.29) is 17.7 Å². The van der Waals surface area contributed by atoms with Crippen LogP contribution in [0.3, 0.4) is 0 Å². The minimum absolute atomic E-state index is 0.0699. The third-order valence-corrected chi connectivity index (χ3v) is 5.47. The Hall–Kier alpha value is -2.78. The molecule has 0 aromatic carbocycles. The summed E-state index contributed by atoms with van der Waals surface area (Å²) < 4.78 is 6.68. The van der Waals surface area contributed by atoms with Gasteiger partial charge in [0.2, 0.25) is 11.8 Å². The van der Waals surface area contributed by atoms with E-state index in [1.807, 2.05) is 4.90 Å². The number of amides is 2. The second-order valence-electron chi connectivity index (χ2n) is 7.54. The van der Waals surface area contributed by atoms with E-state index in [4.69, 9.17) is 4.52 Å². The lowest BCUT2D eigenvalue weighted by molar-refractivity contribution is -0.130. The van der Waals surface area contributed by atoms with E-state index >= 15 is 0 Å². The van der Waals surface area contributed by atoms with Crippen molar-refractivity contribution in [2.45, 2.75) is 58.0 Å². The standard InChI is InChI=1S/C18H25N7O3/c1-12-20-18(28-22-12)15-11-24(23-21-15)8-7-19-17(27)13-9-16(26)25(10-13)14-5-3-2-4-6-14/h11,13-14H,2-10H2,1H3,(H,19,27)/t13-/m0/s1. The highest BCUT2D eigenvalue weighted by Crippen LogP contribution is 2.28. The van der Waals surface area contributed by atoms with Gasteiger partial charge in [-0.25, -0.2) is 4.68 Å². The molecule has 150 valence electrons. The van der Waals surface area contributed by atoms with E-state index in [0.717, 1.165) is 12.8 Å². The lowest BCUT2D eigenvalue weighted by Crippen LogP contribution is -2.39. The highest BCUT2D eigenvalue weighted by Gasteiger charge is 2.37. The number of carbonyl (C=O) groups excluding carboxylic acids is 2. The molecular weight excluding hydrogens is 362 g/mol. The Kier molecular flexibility index (Phi) is 5.36. The molecule has 1 aliphatic heterocycles. The minimum Gasteiger partial charge on any atom is -0.354 e. The van der Waals surface area contributed by atoms with Gasteiger partial charge >= 0.3 is 0 Å². The molecule has 1 atom stereocenters. The summed E-state index contributed by atoms with van der Waals surface area (Å²) in [6.07, 6.45) is 7.74. The molecule has 10 nitrogen and oxygen atoms in total. The Morgan fingerprint density at radius 3 is 2.89 bits per heavy atom. The molecule has 28 heavy (non-hydrogen) atoms. The van der Waals surface area contributed by atoms with Gasteiger partial charge < -0.3 is 14.7 Å². The summed E-state index contributed by atoms with van der Waals surface area (Å²) in [6, 6.07) is 0.320. The van der Waals surface area contributed by atoms with Crippen molar-refractivity contribution in [2.24, 2.45) is 5.92 Å². The van der Waals surface area contributed by atoms with Crippen LogP contribution in [0.25, 0.3) is 11.6 Å². The summed E-state index contributed by atoms with van der Waals surface area (Å²) in [5.74, 6) is 0.634. The molecule has 2 fully saturated rings. The first-order chi connectivity index (χ1) is 13.6. The molecule has 0 bridgehead atoms. The SMILES string of the molecule is Cc1noc(-c2cn(CCNC(=O)[C@H]3CC(=O)N(C4CCCCC4)C3)nn2)n1. The number of nitrogens with one attached hydrogen (secondary N) is 1. The fourth-order valence-corrected chi connectivity index (χ4v) is 4.00. The monoisotopic (exact) mass is 387 g/mol. The minimum atomic E-state index is -0.262. The van der Waals surface area contributed by atoms with Crippen molar-refractivity contribution >= 4 is 11.8 Å². The van der Waals surface area contributed by atoms with Crippen molar-refractivity contribution in [3.63, 3.8) is 0 Å². The van der Waals surface area contributed by atoms with Gasteiger partial charge in [-0.05, 0) is 19.8 Å². The molecule has 2 amide bonds. The third kappa shape index (κ3) is 4.05. The Morgan fingerprint density at radius 1 is 1.32 bits per heavy atom. The number of carbonyl (C=O) groups is 2. The molecule has 3 heterocycles. The first kappa shape index (κ1) is 18.6. The van der Waals surface area contributed by atoms with E-state index in [0.29, 0.717) is 49.5 Å². The van der Waals surface area contributed by atoms with Gasteiger partial charge in [-0.3, -0.25) is 9.59 Å². The predicted octanol–water partition coefficient (Wildman–Crippen LogP) is 0.934. The van der Waals surface area contributed by atoms with E-state index in [2.05, 4.69) is 25.8 Å². The smallest absolute Gasteiger partial charge is 0.280 e. The van der Waals surface area contributed by atoms with Gasteiger partial charge in [-0.2, -0.15) is 4.98 Å². The van der Waals surface area contributed by atoms with Crippen molar-refractivity contribution < 1.29 is 14.1 Å². The van der Waals surface area contributed by atoms with Gasteiger partial charge in [0.15, 0.2) is 11.5 Å². The molecule has 1 saturated carbocycles. The van der Waals surface area contributed by atoms with Gasteiger partial charge in [-0.15, -0.1) is 5.10 Å². The number of nitrogens with zero attached hydrogens (tertiary/aromatic N) is 6. The fraction of sp³-hybridized carbons (Fsp3) is 0.667. The molecule has 0 spiro atoms. The number of hydrogen-bond acceptors (Lipinski definition) is 7. The zero-order valence-corrected chi connectivity index (χ0v) is 16.0. The van der Waals surface area contributed by atoms with E-state index in [1.165, 1.54) is 19.3 Å². The summed E-state index contributed by atoms with van der Waals surface area (Å²) in [7, 11) is 0. The molecule has 0 radical (unpaired) electrons. The van der Waals surface area contributed by atoms with Crippen LogP contribution in [0.5, 0.6) is 0 Å². The van der Waals surface area contributed by atoms with Crippen LogP contribution < -0.4 is 5.32 Å². The lowest BCUT2D eigenvalue weighted by atomic mass is 9.94. The van der Waals surface area contributed by atoms with Crippen LogP contribution >= 0.6 is 0 Å². The highest BCUT2D eigenvalue weighted by atomic mass is 16.5. The Labute approximate surface area is 162 Å². The number of likely N-dealkylation sites (tertiary alicyclic amines) is 1. The lowest BCUT2D eigenvalue weighted by Gasteiger charge is -2.31. The van der Waals surface area contributed by atoms with E-state index in [1.54, 1.807) is 17.8 Å². The summed E-state index contributed by atoms with van der Waals surface area (Å²) in [4.78, 5) is 30.8. The van der Waals surface area contributed by atoms with Gasteiger partial charge in [0.1, 0.15) is 0 Å². The molecule has 2 aliphatic rings. The third-order valence-electron chi connectivity index (χ3n) is 5.47. The van der Waals surface area contributed by atoms with Crippen molar-refractivity contribution in [3.05, 3.63) is 12.0 Å². The average Bonchev–Trinajstić information content (AvgIpc) is 3.42. The summed E-state index contributed by atoms with van der Waals surface area (Å²) >= 11 is 0. The van der Waals surface area contributed by atoms with Gasteiger partial charge in [0, 0.05) is 25.6 Å².